The standard InChI is InChI=1S/C17H30N2O3/c1-4-22-16(20)14-8-10-19(11-9-14)17(21)18-15-7-5-6-12(2)13(15)3/h12-15H,4-11H2,1-3H3,(H,18,21)/t12-,13-,15-/m1/s1. The molecule has 2 rings (SSSR count). The summed E-state index contributed by atoms with van der Waals surface area (Å²) < 4.78 is 5.07. The first-order chi connectivity index (χ1) is 10.5. The van der Waals surface area contributed by atoms with E-state index in [-0.39, 0.29) is 17.9 Å². The van der Waals surface area contributed by atoms with Crippen molar-refractivity contribution in [3.8, 4) is 0 Å². The lowest BCUT2D eigenvalue weighted by atomic mass is 9.78. The summed E-state index contributed by atoms with van der Waals surface area (Å²) in [5.74, 6) is 1.05. The molecule has 0 radical (unpaired) electrons. The number of ether oxygens (including phenoxy) is 1. The van der Waals surface area contributed by atoms with Crippen LogP contribution in [-0.2, 0) is 9.53 Å². The lowest BCUT2D eigenvalue weighted by molar-refractivity contribution is -0.149. The van der Waals surface area contributed by atoms with Gasteiger partial charge in [0.05, 0.1) is 12.5 Å². The SMILES string of the molecule is CCOC(=O)C1CCN(C(=O)N[C@@H]2CCC[C@@H](C)[C@H]2C)CC1. The Bertz CT molecular complexity index is 391. The molecule has 5 nitrogen and oxygen atoms in total. The monoisotopic (exact) mass is 310 g/mol. The molecule has 0 aromatic carbocycles. The highest BCUT2D eigenvalue weighted by molar-refractivity contribution is 5.76. The molecular weight excluding hydrogens is 280 g/mol. The second-order valence-electron chi connectivity index (χ2n) is 6.84. The van der Waals surface area contributed by atoms with Crippen LogP contribution in [-0.4, -0.2) is 42.6 Å². The number of rotatable bonds is 3. The van der Waals surface area contributed by atoms with Crippen molar-refractivity contribution in [2.45, 2.75) is 58.9 Å². The van der Waals surface area contributed by atoms with Crippen molar-refractivity contribution in [2.24, 2.45) is 17.8 Å². The Labute approximate surface area is 133 Å². The number of urea groups is 1. The molecule has 0 aromatic rings. The van der Waals surface area contributed by atoms with E-state index in [4.69, 9.17) is 4.74 Å². The first-order valence-corrected chi connectivity index (χ1v) is 8.75. The summed E-state index contributed by atoms with van der Waals surface area (Å²) in [5.41, 5.74) is 0. The number of nitrogens with one attached hydrogen (secondary N) is 1. The number of likely N-dealkylation sites (tertiary alicyclic amines) is 1. The zero-order valence-electron chi connectivity index (χ0n) is 14.1. The fraction of sp³-hybridized carbons (Fsp3) is 0.882. The third kappa shape index (κ3) is 4.14. The van der Waals surface area contributed by atoms with Gasteiger partial charge in [-0.3, -0.25) is 4.79 Å². The fourth-order valence-electron chi connectivity index (χ4n) is 3.61. The van der Waals surface area contributed by atoms with Crippen LogP contribution in [0.5, 0.6) is 0 Å². The Morgan fingerprint density at radius 2 is 1.82 bits per heavy atom. The first kappa shape index (κ1) is 17.1. The minimum absolute atomic E-state index is 0.0354. The first-order valence-electron chi connectivity index (χ1n) is 8.75. The molecule has 0 bridgehead atoms. The number of nitrogens with zero attached hydrogens (tertiary/aromatic N) is 1. The van der Waals surface area contributed by atoms with Crippen LogP contribution in [0.3, 0.4) is 0 Å². The van der Waals surface area contributed by atoms with Crippen LogP contribution in [0.2, 0.25) is 0 Å². The smallest absolute Gasteiger partial charge is 0.317 e. The maximum Gasteiger partial charge on any atom is 0.317 e. The Morgan fingerprint density at radius 3 is 2.45 bits per heavy atom. The van der Waals surface area contributed by atoms with Gasteiger partial charge in [0.25, 0.3) is 0 Å². The van der Waals surface area contributed by atoms with Crippen molar-refractivity contribution in [3.63, 3.8) is 0 Å². The van der Waals surface area contributed by atoms with E-state index in [1.807, 2.05) is 11.8 Å². The van der Waals surface area contributed by atoms with Gasteiger partial charge in [-0.05, 0) is 38.0 Å². The van der Waals surface area contributed by atoms with Crippen molar-refractivity contribution >= 4 is 12.0 Å². The maximum atomic E-state index is 12.4. The molecule has 1 saturated carbocycles. The summed E-state index contributed by atoms with van der Waals surface area (Å²) in [6.45, 7) is 8.05. The van der Waals surface area contributed by atoms with Gasteiger partial charge in [0.15, 0.2) is 0 Å². The van der Waals surface area contributed by atoms with Gasteiger partial charge in [-0.15, -0.1) is 0 Å². The molecule has 1 heterocycles. The highest BCUT2D eigenvalue weighted by Gasteiger charge is 2.32. The van der Waals surface area contributed by atoms with Crippen LogP contribution in [0, 0.1) is 17.8 Å². The average Bonchev–Trinajstić information content (AvgIpc) is 2.52. The van der Waals surface area contributed by atoms with Crippen molar-refractivity contribution in [1.82, 2.24) is 10.2 Å². The zero-order valence-corrected chi connectivity index (χ0v) is 14.1. The highest BCUT2D eigenvalue weighted by atomic mass is 16.5. The third-order valence-electron chi connectivity index (χ3n) is 5.42. The summed E-state index contributed by atoms with van der Waals surface area (Å²) in [5, 5.41) is 3.21. The lowest BCUT2D eigenvalue weighted by Gasteiger charge is -2.37. The lowest BCUT2D eigenvalue weighted by Crippen LogP contribution is -2.51. The topological polar surface area (TPSA) is 58.6 Å². The highest BCUT2D eigenvalue weighted by Crippen LogP contribution is 2.29. The molecule has 5 heteroatoms. The van der Waals surface area contributed by atoms with E-state index in [1.165, 1.54) is 12.8 Å². The number of esters is 1. The van der Waals surface area contributed by atoms with Crippen molar-refractivity contribution in [2.75, 3.05) is 19.7 Å². The molecule has 22 heavy (non-hydrogen) atoms. The average molecular weight is 310 g/mol. The third-order valence-corrected chi connectivity index (χ3v) is 5.42. The van der Waals surface area contributed by atoms with Crippen LogP contribution >= 0.6 is 0 Å². The number of hydrogen-bond donors (Lipinski definition) is 1. The molecule has 1 saturated heterocycles. The van der Waals surface area contributed by atoms with E-state index >= 15 is 0 Å². The van der Waals surface area contributed by atoms with E-state index in [0.29, 0.717) is 50.4 Å². The van der Waals surface area contributed by atoms with Gasteiger partial charge in [0, 0.05) is 19.1 Å². The summed E-state index contributed by atoms with van der Waals surface area (Å²) in [4.78, 5) is 26.0. The Balaban J connectivity index is 1.79. The van der Waals surface area contributed by atoms with Gasteiger partial charge in [0.2, 0.25) is 0 Å². The molecule has 1 aliphatic carbocycles. The number of piperidine rings is 1. The summed E-state index contributed by atoms with van der Waals surface area (Å²) in [6, 6.07) is 0.326. The van der Waals surface area contributed by atoms with E-state index < -0.39 is 0 Å². The molecule has 0 spiro atoms. The van der Waals surface area contributed by atoms with Gasteiger partial charge < -0.3 is 15.0 Å². The van der Waals surface area contributed by atoms with Gasteiger partial charge >= 0.3 is 12.0 Å². The Morgan fingerprint density at radius 1 is 1.14 bits per heavy atom. The van der Waals surface area contributed by atoms with E-state index in [0.717, 1.165) is 6.42 Å². The number of carbonyl (C=O) groups excluding carboxylic acids is 2. The van der Waals surface area contributed by atoms with Crippen LogP contribution in [0.15, 0.2) is 0 Å². The minimum Gasteiger partial charge on any atom is -0.466 e. The second kappa shape index (κ2) is 7.84. The predicted octanol–water partition coefficient (Wildman–Crippen LogP) is 2.80. The van der Waals surface area contributed by atoms with Gasteiger partial charge in [-0.25, -0.2) is 4.79 Å². The molecule has 2 amide bonds. The van der Waals surface area contributed by atoms with Crippen LogP contribution < -0.4 is 5.32 Å². The van der Waals surface area contributed by atoms with Crippen LogP contribution in [0.1, 0.15) is 52.9 Å². The fourth-order valence-corrected chi connectivity index (χ4v) is 3.61. The number of hydrogen-bond acceptors (Lipinski definition) is 3. The predicted molar refractivity (Wildman–Crippen MR) is 85.4 cm³/mol. The Hall–Kier alpha value is -1.26. The summed E-state index contributed by atoms with van der Waals surface area (Å²) >= 11 is 0. The van der Waals surface area contributed by atoms with E-state index in [1.54, 1.807) is 0 Å². The van der Waals surface area contributed by atoms with Gasteiger partial charge in [-0.2, -0.15) is 0 Å². The zero-order chi connectivity index (χ0) is 16.1. The quantitative estimate of drug-likeness (QED) is 0.816. The number of amides is 2. The molecule has 3 atom stereocenters. The van der Waals surface area contributed by atoms with E-state index in [9.17, 15) is 9.59 Å². The molecular formula is C17H30N2O3. The van der Waals surface area contributed by atoms with Gasteiger partial charge in [-0.1, -0.05) is 26.7 Å². The summed E-state index contributed by atoms with van der Waals surface area (Å²) in [7, 11) is 0. The number of carbonyl (C=O) groups is 2. The largest absolute Gasteiger partial charge is 0.466 e. The molecule has 0 unspecified atom stereocenters. The molecule has 1 aliphatic heterocycles. The summed E-state index contributed by atoms with van der Waals surface area (Å²) in [6.07, 6.45) is 4.96. The minimum atomic E-state index is -0.114. The molecule has 2 fully saturated rings. The Kier molecular flexibility index (Phi) is 6.09. The van der Waals surface area contributed by atoms with Gasteiger partial charge in [0.1, 0.15) is 0 Å². The van der Waals surface area contributed by atoms with Crippen LogP contribution in [0.25, 0.3) is 0 Å². The van der Waals surface area contributed by atoms with Crippen molar-refractivity contribution in [1.29, 1.82) is 0 Å². The van der Waals surface area contributed by atoms with Crippen LogP contribution in [0.4, 0.5) is 4.79 Å². The molecule has 126 valence electrons. The normalized spacial score (nSPS) is 30.0. The molecule has 1 N–H and O–H groups in total. The maximum absolute atomic E-state index is 12.4. The molecule has 0 aromatic heterocycles. The van der Waals surface area contributed by atoms with E-state index in [2.05, 4.69) is 19.2 Å². The van der Waals surface area contributed by atoms with Crippen molar-refractivity contribution < 1.29 is 14.3 Å². The van der Waals surface area contributed by atoms with Crippen molar-refractivity contribution in [3.05, 3.63) is 0 Å². The second-order valence-corrected chi connectivity index (χ2v) is 6.84. The molecule has 2 aliphatic rings.